The molecule has 0 atom stereocenters. The van der Waals surface area contributed by atoms with Gasteiger partial charge in [-0.05, 0) is 30.3 Å². The normalized spacial score (nSPS) is 9.32. The van der Waals surface area contributed by atoms with Crippen LogP contribution in [0.1, 0.15) is 0 Å². The summed E-state index contributed by atoms with van der Waals surface area (Å²) in [5.74, 6) is -0.110. The monoisotopic (exact) mass is 283 g/mol. The molecule has 0 aliphatic carbocycles. The van der Waals surface area contributed by atoms with Gasteiger partial charge in [-0.1, -0.05) is 0 Å². The number of hydrogen-bond acceptors (Lipinski definition) is 4. The van der Waals surface area contributed by atoms with Crippen LogP contribution in [0.15, 0.2) is 42.7 Å². The summed E-state index contributed by atoms with van der Waals surface area (Å²) in [6.45, 7) is -0.191. The van der Waals surface area contributed by atoms with Crippen molar-refractivity contribution < 1.29 is 13.9 Å². The summed E-state index contributed by atoms with van der Waals surface area (Å²) < 4.78 is 17.8. The van der Waals surface area contributed by atoms with Crippen LogP contribution in [0.2, 0.25) is 0 Å². The number of nitrogens with zero attached hydrogens (tertiary/aromatic N) is 2. The first-order valence-corrected chi connectivity index (χ1v) is 5.19. The first kappa shape index (κ1) is 14.8. The molecule has 19 heavy (non-hydrogen) atoms. The number of aromatic nitrogens is 2. The smallest absolute Gasteiger partial charge is 0.264 e. The van der Waals surface area contributed by atoms with E-state index in [1.807, 2.05) is 0 Å². The second kappa shape index (κ2) is 7.27. The van der Waals surface area contributed by atoms with Gasteiger partial charge in [0.1, 0.15) is 11.6 Å². The maximum Gasteiger partial charge on any atom is 0.264 e. The van der Waals surface area contributed by atoms with E-state index >= 15 is 0 Å². The first-order chi connectivity index (χ1) is 8.74. The zero-order chi connectivity index (χ0) is 12.8. The van der Waals surface area contributed by atoms with E-state index < -0.39 is 0 Å². The molecule has 1 aromatic heterocycles. The third-order valence-electron chi connectivity index (χ3n) is 2.00. The van der Waals surface area contributed by atoms with E-state index in [2.05, 4.69) is 15.3 Å². The molecule has 0 aliphatic heterocycles. The molecule has 0 saturated carbocycles. The van der Waals surface area contributed by atoms with Crippen LogP contribution in [0.25, 0.3) is 0 Å². The lowest BCUT2D eigenvalue weighted by molar-refractivity contribution is -0.118. The molecule has 0 aliphatic rings. The highest BCUT2D eigenvalue weighted by atomic mass is 35.5. The topological polar surface area (TPSA) is 64.1 Å². The number of rotatable bonds is 4. The summed E-state index contributed by atoms with van der Waals surface area (Å²) in [5.41, 5.74) is 0. The molecule has 7 heteroatoms. The van der Waals surface area contributed by atoms with Crippen LogP contribution < -0.4 is 10.1 Å². The Hall–Kier alpha value is -2.21. The molecule has 2 aromatic rings. The maximum absolute atomic E-state index is 12.6. The minimum atomic E-state index is -0.384. The quantitative estimate of drug-likeness (QED) is 0.933. The lowest BCUT2D eigenvalue weighted by atomic mass is 10.3. The van der Waals surface area contributed by atoms with Gasteiger partial charge in [-0.25, -0.2) is 14.4 Å². The molecule has 1 amide bonds. The summed E-state index contributed by atoms with van der Waals surface area (Å²) in [6, 6.07) is 7.05. The predicted octanol–water partition coefficient (Wildman–Crippen LogP) is 2.05. The van der Waals surface area contributed by atoms with E-state index in [-0.39, 0.29) is 36.7 Å². The van der Waals surface area contributed by atoms with Crippen LogP contribution in [0, 0.1) is 5.82 Å². The minimum absolute atomic E-state index is 0. The third-order valence-corrected chi connectivity index (χ3v) is 2.00. The van der Waals surface area contributed by atoms with Crippen LogP contribution >= 0.6 is 12.4 Å². The van der Waals surface area contributed by atoms with Crippen molar-refractivity contribution in [3.8, 4) is 5.75 Å². The average Bonchev–Trinajstić information content (AvgIpc) is 2.39. The van der Waals surface area contributed by atoms with Crippen molar-refractivity contribution in [2.24, 2.45) is 0 Å². The first-order valence-electron chi connectivity index (χ1n) is 5.19. The van der Waals surface area contributed by atoms with Gasteiger partial charge in [-0.15, -0.1) is 12.4 Å². The number of nitrogens with one attached hydrogen (secondary N) is 1. The lowest BCUT2D eigenvalue weighted by Gasteiger charge is -2.05. The molecule has 5 nitrogen and oxygen atoms in total. The highest BCUT2D eigenvalue weighted by molar-refractivity contribution is 5.90. The van der Waals surface area contributed by atoms with Crippen LogP contribution in [0.4, 0.5) is 10.3 Å². The van der Waals surface area contributed by atoms with Gasteiger partial charge in [-0.3, -0.25) is 10.1 Å². The molecule has 1 heterocycles. The number of hydrogen-bond donors (Lipinski definition) is 1. The Morgan fingerprint density at radius 1 is 1.21 bits per heavy atom. The van der Waals surface area contributed by atoms with Crippen molar-refractivity contribution >= 4 is 24.3 Å². The Balaban J connectivity index is 0.00000180. The average molecular weight is 284 g/mol. The maximum atomic E-state index is 12.6. The SMILES string of the molecule is Cl.O=C(COc1ccc(F)cc1)Nc1ncccn1. The van der Waals surface area contributed by atoms with E-state index in [0.717, 1.165) is 0 Å². The highest BCUT2D eigenvalue weighted by Crippen LogP contribution is 2.10. The summed E-state index contributed by atoms with van der Waals surface area (Å²) in [4.78, 5) is 19.1. The number of anilines is 1. The fourth-order valence-corrected chi connectivity index (χ4v) is 1.20. The molecule has 1 N–H and O–H groups in total. The zero-order valence-electron chi connectivity index (χ0n) is 9.75. The second-order valence-electron chi connectivity index (χ2n) is 3.36. The van der Waals surface area contributed by atoms with Gasteiger partial charge < -0.3 is 4.74 Å². The molecule has 0 fully saturated rings. The molecule has 0 radical (unpaired) electrons. The largest absolute Gasteiger partial charge is 0.484 e. The standard InChI is InChI=1S/C12H10FN3O2.ClH/c13-9-2-4-10(5-3-9)18-8-11(17)16-12-14-6-1-7-15-12;/h1-7H,8H2,(H,14,15,16,17);1H. The molecule has 2 rings (SSSR count). The summed E-state index contributed by atoms with van der Waals surface area (Å²) >= 11 is 0. The number of carbonyl (C=O) groups is 1. The van der Waals surface area contributed by atoms with Crippen molar-refractivity contribution in [3.05, 3.63) is 48.5 Å². The number of carbonyl (C=O) groups excluding carboxylic acids is 1. The third kappa shape index (κ3) is 4.89. The fraction of sp³-hybridized carbons (Fsp3) is 0.0833. The Morgan fingerprint density at radius 2 is 1.84 bits per heavy atom. The van der Waals surface area contributed by atoms with Crippen molar-refractivity contribution in [3.63, 3.8) is 0 Å². The van der Waals surface area contributed by atoms with Crippen LogP contribution in [-0.4, -0.2) is 22.5 Å². The fourth-order valence-electron chi connectivity index (χ4n) is 1.20. The Morgan fingerprint density at radius 3 is 2.47 bits per heavy atom. The molecule has 0 spiro atoms. The van der Waals surface area contributed by atoms with Crippen molar-refractivity contribution in [1.82, 2.24) is 9.97 Å². The van der Waals surface area contributed by atoms with Crippen molar-refractivity contribution in [2.45, 2.75) is 0 Å². The number of amides is 1. The van der Waals surface area contributed by atoms with Crippen molar-refractivity contribution in [2.75, 3.05) is 11.9 Å². The van der Waals surface area contributed by atoms with Gasteiger partial charge in [0, 0.05) is 12.4 Å². The molecular formula is C12H11ClFN3O2. The van der Waals surface area contributed by atoms with Crippen LogP contribution in [0.5, 0.6) is 5.75 Å². The molecular weight excluding hydrogens is 273 g/mol. The molecule has 0 saturated heterocycles. The van der Waals surface area contributed by atoms with Gasteiger partial charge in [0.2, 0.25) is 5.95 Å². The summed E-state index contributed by atoms with van der Waals surface area (Å²) in [7, 11) is 0. The lowest BCUT2D eigenvalue weighted by Crippen LogP contribution is -2.21. The van der Waals surface area contributed by atoms with Gasteiger partial charge >= 0.3 is 0 Å². The molecule has 1 aromatic carbocycles. The van der Waals surface area contributed by atoms with E-state index in [4.69, 9.17) is 4.74 Å². The molecule has 0 unspecified atom stereocenters. The van der Waals surface area contributed by atoms with Crippen LogP contribution in [0.3, 0.4) is 0 Å². The number of ether oxygens (including phenoxy) is 1. The Bertz CT molecular complexity index is 522. The van der Waals surface area contributed by atoms with E-state index in [1.165, 1.54) is 36.7 Å². The number of benzene rings is 1. The summed E-state index contributed by atoms with van der Waals surface area (Å²) in [5, 5.41) is 2.46. The second-order valence-corrected chi connectivity index (χ2v) is 3.36. The van der Waals surface area contributed by atoms with Gasteiger partial charge in [0.05, 0.1) is 0 Å². The minimum Gasteiger partial charge on any atom is -0.484 e. The van der Waals surface area contributed by atoms with E-state index in [1.54, 1.807) is 6.07 Å². The van der Waals surface area contributed by atoms with Gasteiger partial charge in [0.25, 0.3) is 5.91 Å². The van der Waals surface area contributed by atoms with Gasteiger partial charge in [0.15, 0.2) is 6.61 Å². The molecule has 100 valence electrons. The van der Waals surface area contributed by atoms with Gasteiger partial charge in [-0.2, -0.15) is 0 Å². The number of halogens is 2. The molecule has 0 bridgehead atoms. The Labute approximate surface area is 115 Å². The van der Waals surface area contributed by atoms with Crippen molar-refractivity contribution in [1.29, 1.82) is 0 Å². The Kier molecular flexibility index (Phi) is 5.69. The van der Waals surface area contributed by atoms with E-state index in [9.17, 15) is 9.18 Å². The predicted molar refractivity (Wildman–Crippen MR) is 69.8 cm³/mol. The highest BCUT2D eigenvalue weighted by Gasteiger charge is 2.04. The zero-order valence-corrected chi connectivity index (χ0v) is 10.6. The summed E-state index contributed by atoms with van der Waals surface area (Å²) in [6.07, 6.45) is 3.03. The van der Waals surface area contributed by atoms with Crippen LogP contribution in [-0.2, 0) is 4.79 Å². The van der Waals surface area contributed by atoms with E-state index in [0.29, 0.717) is 5.75 Å².